The molecular formula is C14H26O4. The zero-order valence-electron chi connectivity index (χ0n) is 11.8. The molecule has 0 amide bonds. The average molecular weight is 258 g/mol. The number of carbonyl (C=O) groups is 2. The summed E-state index contributed by atoms with van der Waals surface area (Å²) in [5.41, 5.74) is 0. The Morgan fingerprint density at radius 1 is 0.778 bits per heavy atom. The molecule has 0 aromatic heterocycles. The fraction of sp³-hybridized carbons (Fsp3) is 0.857. The van der Waals surface area contributed by atoms with E-state index in [9.17, 15) is 9.59 Å². The number of hydrogen-bond acceptors (Lipinski definition) is 2. The molecular weight excluding hydrogens is 232 g/mol. The van der Waals surface area contributed by atoms with E-state index in [4.69, 9.17) is 10.2 Å². The number of hydrogen-bond donors (Lipinski definition) is 2. The van der Waals surface area contributed by atoms with Gasteiger partial charge in [-0.2, -0.15) is 0 Å². The van der Waals surface area contributed by atoms with Crippen molar-refractivity contribution < 1.29 is 19.8 Å². The van der Waals surface area contributed by atoms with Gasteiger partial charge in [0.05, 0.1) is 0 Å². The van der Waals surface area contributed by atoms with Crippen LogP contribution < -0.4 is 0 Å². The number of rotatable bonds is 9. The Bertz CT molecular complexity index is 245. The highest BCUT2D eigenvalue weighted by atomic mass is 16.4. The van der Waals surface area contributed by atoms with Crippen molar-refractivity contribution in [2.75, 3.05) is 0 Å². The summed E-state index contributed by atoms with van der Waals surface area (Å²) in [6.07, 6.45) is 1.69. The van der Waals surface area contributed by atoms with Crippen LogP contribution in [-0.4, -0.2) is 22.2 Å². The lowest BCUT2D eigenvalue weighted by Gasteiger charge is -2.28. The third-order valence-corrected chi connectivity index (χ3v) is 3.09. The van der Waals surface area contributed by atoms with Crippen LogP contribution in [0.2, 0.25) is 0 Å². The van der Waals surface area contributed by atoms with Crippen LogP contribution >= 0.6 is 0 Å². The van der Waals surface area contributed by atoms with E-state index in [1.54, 1.807) is 0 Å². The maximum absolute atomic E-state index is 10.9. The van der Waals surface area contributed by atoms with Gasteiger partial charge in [0.2, 0.25) is 0 Å². The quantitative estimate of drug-likeness (QED) is 0.665. The third-order valence-electron chi connectivity index (χ3n) is 3.09. The van der Waals surface area contributed by atoms with E-state index in [-0.39, 0.29) is 24.7 Å². The van der Waals surface area contributed by atoms with Crippen molar-refractivity contribution in [2.24, 2.45) is 23.7 Å². The van der Waals surface area contributed by atoms with Crippen LogP contribution in [0.25, 0.3) is 0 Å². The Hall–Kier alpha value is -1.06. The third kappa shape index (κ3) is 8.09. The lowest BCUT2D eigenvalue weighted by atomic mass is 9.77. The van der Waals surface area contributed by atoms with Crippen LogP contribution in [0.1, 0.15) is 53.4 Å². The number of carboxylic acids is 2. The average Bonchev–Trinajstić information content (AvgIpc) is 2.12. The zero-order valence-corrected chi connectivity index (χ0v) is 11.8. The summed E-state index contributed by atoms with van der Waals surface area (Å²) in [6.45, 7) is 8.36. The molecule has 0 aromatic carbocycles. The summed E-state index contributed by atoms with van der Waals surface area (Å²) in [4.78, 5) is 21.7. The molecule has 0 aliphatic rings. The van der Waals surface area contributed by atoms with Gasteiger partial charge >= 0.3 is 11.9 Å². The lowest BCUT2D eigenvalue weighted by molar-refractivity contribution is -0.141. The van der Waals surface area contributed by atoms with Gasteiger partial charge in [-0.3, -0.25) is 9.59 Å². The second-order valence-corrected chi connectivity index (χ2v) is 5.97. The SMILES string of the molecule is CC(C)CC(CC(C)C)C(CC(=O)O)CC(=O)O. The minimum Gasteiger partial charge on any atom is -0.481 e. The highest BCUT2D eigenvalue weighted by Crippen LogP contribution is 2.31. The molecule has 0 spiro atoms. The zero-order chi connectivity index (χ0) is 14.3. The molecule has 0 heterocycles. The first-order valence-corrected chi connectivity index (χ1v) is 6.65. The molecule has 0 aliphatic carbocycles. The van der Waals surface area contributed by atoms with Gasteiger partial charge in [0, 0.05) is 12.8 Å². The summed E-state index contributed by atoms with van der Waals surface area (Å²) in [6, 6.07) is 0. The summed E-state index contributed by atoms with van der Waals surface area (Å²) >= 11 is 0. The largest absolute Gasteiger partial charge is 0.481 e. The van der Waals surface area contributed by atoms with E-state index in [2.05, 4.69) is 27.7 Å². The van der Waals surface area contributed by atoms with E-state index < -0.39 is 11.9 Å². The summed E-state index contributed by atoms with van der Waals surface area (Å²) < 4.78 is 0. The predicted octanol–water partition coefficient (Wildman–Crippen LogP) is 3.26. The fourth-order valence-corrected chi connectivity index (χ4v) is 2.55. The van der Waals surface area contributed by atoms with Crippen molar-refractivity contribution in [3.63, 3.8) is 0 Å². The highest BCUT2D eigenvalue weighted by molar-refractivity contribution is 5.70. The van der Waals surface area contributed by atoms with Gasteiger partial charge in [0.25, 0.3) is 0 Å². The topological polar surface area (TPSA) is 74.6 Å². The van der Waals surface area contributed by atoms with Gasteiger partial charge in [-0.05, 0) is 36.5 Å². The molecule has 0 rings (SSSR count). The van der Waals surface area contributed by atoms with Crippen molar-refractivity contribution >= 4 is 11.9 Å². The molecule has 0 bridgehead atoms. The van der Waals surface area contributed by atoms with E-state index in [0.29, 0.717) is 11.8 Å². The first-order chi connectivity index (χ1) is 8.22. The maximum atomic E-state index is 10.9. The molecule has 0 radical (unpaired) electrons. The first kappa shape index (κ1) is 16.9. The van der Waals surface area contributed by atoms with Crippen LogP contribution in [0.3, 0.4) is 0 Å². The summed E-state index contributed by atoms with van der Waals surface area (Å²) in [7, 11) is 0. The number of aliphatic carboxylic acids is 2. The molecule has 0 atom stereocenters. The van der Waals surface area contributed by atoms with Crippen molar-refractivity contribution in [1.29, 1.82) is 0 Å². The minimum absolute atomic E-state index is 0.0452. The van der Waals surface area contributed by atoms with E-state index in [1.807, 2.05) is 0 Å². The van der Waals surface area contributed by atoms with E-state index >= 15 is 0 Å². The van der Waals surface area contributed by atoms with Crippen molar-refractivity contribution in [3.05, 3.63) is 0 Å². The first-order valence-electron chi connectivity index (χ1n) is 6.65. The molecule has 0 saturated heterocycles. The van der Waals surface area contributed by atoms with Gasteiger partial charge in [-0.25, -0.2) is 0 Å². The van der Waals surface area contributed by atoms with Gasteiger partial charge < -0.3 is 10.2 Å². The fourth-order valence-electron chi connectivity index (χ4n) is 2.55. The van der Waals surface area contributed by atoms with Crippen molar-refractivity contribution in [2.45, 2.75) is 53.4 Å². The summed E-state index contributed by atoms with van der Waals surface area (Å²) in [5, 5.41) is 17.8. The Labute approximate surface area is 109 Å². The van der Waals surface area contributed by atoms with E-state index in [1.165, 1.54) is 0 Å². The van der Waals surface area contributed by atoms with Crippen LogP contribution in [0, 0.1) is 23.7 Å². The standard InChI is InChI=1S/C14H26O4/c1-9(2)5-11(6-10(3)4)12(7-13(15)16)8-14(17)18/h9-12H,5-8H2,1-4H3,(H,15,16)(H,17,18). The minimum atomic E-state index is -0.904. The maximum Gasteiger partial charge on any atom is 0.303 e. The smallest absolute Gasteiger partial charge is 0.303 e. The molecule has 2 N–H and O–H groups in total. The van der Waals surface area contributed by atoms with Crippen LogP contribution in [-0.2, 0) is 9.59 Å². The molecule has 0 fully saturated rings. The monoisotopic (exact) mass is 258 g/mol. The molecule has 0 aliphatic heterocycles. The van der Waals surface area contributed by atoms with Gasteiger partial charge in [-0.15, -0.1) is 0 Å². The van der Waals surface area contributed by atoms with Gasteiger partial charge in [0.15, 0.2) is 0 Å². The van der Waals surface area contributed by atoms with Gasteiger partial charge in [-0.1, -0.05) is 27.7 Å². The molecule has 106 valence electrons. The van der Waals surface area contributed by atoms with Crippen molar-refractivity contribution in [3.8, 4) is 0 Å². The van der Waals surface area contributed by atoms with Gasteiger partial charge in [0.1, 0.15) is 0 Å². The van der Waals surface area contributed by atoms with Crippen molar-refractivity contribution in [1.82, 2.24) is 0 Å². The van der Waals surface area contributed by atoms with E-state index in [0.717, 1.165) is 12.8 Å². The Balaban J connectivity index is 4.79. The lowest BCUT2D eigenvalue weighted by Crippen LogP contribution is -2.24. The normalized spacial score (nSPS) is 11.8. The molecule has 0 unspecified atom stereocenters. The Morgan fingerprint density at radius 2 is 1.11 bits per heavy atom. The van der Waals surface area contributed by atoms with Crippen LogP contribution in [0.5, 0.6) is 0 Å². The predicted molar refractivity (Wildman–Crippen MR) is 70.4 cm³/mol. The molecule has 4 heteroatoms. The second kappa shape index (κ2) is 8.11. The molecule has 0 aromatic rings. The Kier molecular flexibility index (Phi) is 7.64. The molecule has 0 saturated carbocycles. The Morgan fingerprint density at radius 3 is 1.33 bits per heavy atom. The summed E-state index contributed by atoms with van der Waals surface area (Å²) in [5.74, 6) is -0.975. The van der Waals surface area contributed by atoms with Crippen LogP contribution in [0.15, 0.2) is 0 Å². The molecule has 18 heavy (non-hydrogen) atoms. The number of carboxylic acid groups (broad SMARTS) is 2. The molecule has 4 nitrogen and oxygen atoms in total. The highest BCUT2D eigenvalue weighted by Gasteiger charge is 2.27. The van der Waals surface area contributed by atoms with Crippen LogP contribution in [0.4, 0.5) is 0 Å². The second-order valence-electron chi connectivity index (χ2n) is 5.97.